The van der Waals surface area contributed by atoms with E-state index in [1.54, 1.807) is 0 Å². The summed E-state index contributed by atoms with van der Waals surface area (Å²) in [4.78, 5) is 4.95. The number of fused-ring (bicyclic) bond motifs is 1. The van der Waals surface area contributed by atoms with Crippen molar-refractivity contribution in [3.8, 4) is 0 Å². The minimum absolute atomic E-state index is 0.0161. The molecule has 1 aliphatic heterocycles. The van der Waals surface area contributed by atoms with E-state index in [0.29, 0.717) is 0 Å². The average Bonchev–Trinajstić information content (AvgIpc) is 2.82. The summed E-state index contributed by atoms with van der Waals surface area (Å²) in [6.45, 7) is 28.8. The molecule has 0 saturated heterocycles. The zero-order valence-corrected chi connectivity index (χ0v) is 19.9. The zero-order chi connectivity index (χ0) is 21.2. The Bertz CT molecular complexity index is 741. The van der Waals surface area contributed by atoms with Crippen LogP contribution >= 0.6 is 0 Å². The number of ether oxygens (including phenoxy) is 1. The highest BCUT2D eigenvalue weighted by molar-refractivity contribution is 6.00. The van der Waals surface area contributed by atoms with Crippen LogP contribution in [0.5, 0.6) is 0 Å². The van der Waals surface area contributed by atoms with Crippen LogP contribution in [-0.2, 0) is 15.7 Å². The molecule has 0 amide bonds. The van der Waals surface area contributed by atoms with Crippen molar-refractivity contribution in [2.24, 2.45) is 4.99 Å². The third-order valence-corrected chi connectivity index (χ3v) is 4.42. The van der Waals surface area contributed by atoms with Crippen molar-refractivity contribution in [1.82, 2.24) is 4.57 Å². The molecular formula is C23H41N3O. The van der Waals surface area contributed by atoms with E-state index in [2.05, 4.69) is 99.9 Å². The number of rotatable bonds is 1. The molecule has 1 N–H and O–H groups in total. The zero-order valence-electron chi connectivity index (χ0n) is 19.9. The Morgan fingerprint density at radius 1 is 0.889 bits per heavy atom. The summed E-state index contributed by atoms with van der Waals surface area (Å²) in [6, 6.07) is 0. The Labute approximate surface area is 166 Å². The maximum absolute atomic E-state index is 6.30. The molecule has 0 fully saturated rings. The third kappa shape index (κ3) is 4.52. The minimum atomic E-state index is -0.191. The molecule has 0 bridgehead atoms. The standard InChI is InChI=1S/C23H41N3O/c1-14-15-16(24-21(5,6)7)18(20(2,3)4)26(23(11,12)13)17(15)19(27-14)25-22(8,9)10/h14,24H,1-13H3. The molecule has 0 radical (unpaired) electrons. The van der Waals surface area contributed by atoms with Gasteiger partial charge in [0.1, 0.15) is 11.8 Å². The Balaban J connectivity index is 2.97. The molecule has 4 nitrogen and oxygen atoms in total. The fraction of sp³-hybridized carbons (Fsp3) is 0.783. The molecule has 0 aromatic carbocycles. The summed E-state index contributed by atoms with van der Waals surface area (Å²) in [7, 11) is 0. The van der Waals surface area contributed by atoms with Crippen molar-refractivity contribution in [2.45, 2.75) is 118 Å². The van der Waals surface area contributed by atoms with E-state index in [-0.39, 0.29) is 28.1 Å². The van der Waals surface area contributed by atoms with Crippen molar-refractivity contribution >= 4 is 11.6 Å². The van der Waals surface area contributed by atoms with Gasteiger partial charge in [-0.1, -0.05) is 20.8 Å². The smallest absolute Gasteiger partial charge is 0.234 e. The molecule has 0 saturated carbocycles. The van der Waals surface area contributed by atoms with Gasteiger partial charge in [-0.3, -0.25) is 0 Å². The lowest BCUT2D eigenvalue weighted by Crippen LogP contribution is -2.34. The van der Waals surface area contributed by atoms with Gasteiger partial charge in [-0.25, -0.2) is 4.99 Å². The van der Waals surface area contributed by atoms with E-state index in [9.17, 15) is 0 Å². The molecule has 0 aliphatic carbocycles. The largest absolute Gasteiger partial charge is 0.468 e. The van der Waals surface area contributed by atoms with Crippen molar-refractivity contribution in [3.05, 3.63) is 17.0 Å². The van der Waals surface area contributed by atoms with Crippen LogP contribution < -0.4 is 5.32 Å². The molecule has 2 rings (SSSR count). The van der Waals surface area contributed by atoms with Gasteiger partial charge in [-0.05, 0) is 69.2 Å². The third-order valence-electron chi connectivity index (χ3n) is 4.42. The molecule has 154 valence electrons. The Kier molecular flexibility index (Phi) is 5.08. The molecule has 1 aromatic heterocycles. The fourth-order valence-electron chi connectivity index (χ4n) is 3.75. The van der Waals surface area contributed by atoms with Crippen LogP contribution in [0.2, 0.25) is 0 Å². The van der Waals surface area contributed by atoms with Gasteiger partial charge in [-0.15, -0.1) is 0 Å². The monoisotopic (exact) mass is 375 g/mol. The van der Waals surface area contributed by atoms with E-state index in [1.165, 1.54) is 16.9 Å². The molecule has 1 aromatic rings. The summed E-state index contributed by atoms with van der Waals surface area (Å²) in [6.07, 6.45) is -0.0179. The van der Waals surface area contributed by atoms with Gasteiger partial charge in [0.25, 0.3) is 0 Å². The van der Waals surface area contributed by atoms with Gasteiger partial charge in [0, 0.05) is 27.8 Å². The first-order chi connectivity index (χ1) is 11.8. The number of nitrogens with one attached hydrogen (secondary N) is 1. The summed E-state index contributed by atoms with van der Waals surface area (Å²) in [5, 5.41) is 3.81. The second-order valence-electron chi connectivity index (χ2n) is 12.0. The molecule has 4 heteroatoms. The fourth-order valence-corrected chi connectivity index (χ4v) is 3.75. The van der Waals surface area contributed by atoms with Gasteiger partial charge >= 0.3 is 0 Å². The second-order valence-corrected chi connectivity index (χ2v) is 12.0. The van der Waals surface area contributed by atoms with Crippen LogP contribution in [0.15, 0.2) is 4.99 Å². The van der Waals surface area contributed by atoms with Crippen molar-refractivity contribution in [3.63, 3.8) is 0 Å². The predicted octanol–water partition coefficient (Wildman–Crippen LogP) is 6.39. The number of hydrogen-bond donors (Lipinski definition) is 1. The first kappa shape index (κ1) is 21.8. The highest BCUT2D eigenvalue weighted by Gasteiger charge is 2.43. The second kappa shape index (κ2) is 6.28. The van der Waals surface area contributed by atoms with Crippen LogP contribution in [0, 0.1) is 0 Å². The maximum Gasteiger partial charge on any atom is 0.234 e. The highest BCUT2D eigenvalue weighted by atomic mass is 16.5. The minimum Gasteiger partial charge on any atom is -0.468 e. The van der Waals surface area contributed by atoms with E-state index in [1.807, 2.05) is 0 Å². The number of anilines is 1. The Morgan fingerprint density at radius 3 is 1.78 bits per heavy atom. The lowest BCUT2D eigenvalue weighted by atomic mass is 9.88. The van der Waals surface area contributed by atoms with E-state index >= 15 is 0 Å². The SMILES string of the molecule is CC1OC(=NC(C)(C)C)c2c1c(NC(C)(C)C)c(C(C)(C)C)n2C(C)(C)C. The summed E-state index contributed by atoms with van der Waals surface area (Å²) >= 11 is 0. The molecule has 1 atom stereocenters. The van der Waals surface area contributed by atoms with Crippen molar-refractivity contribution < 1.29 is 4.74 Å². The first-order valence-electron chi connectivity index (χ1n) is 10.2. The average molecular weight is 376 g/mol. The quantitative estimate of drug-likeness (QED) is 0.618. The van der Waals surface area contributed by atoms with Gasteiger partial charge in [0.05, 0.1) is 11.2 Å². The Morgan fingerprint density at radius 2 is 1.41 bits per heavy atom. The van der Waals surface area contributed by atoms with Gasteiger partial charge in [0.15, 0.2) is 0 Å². The molecular weight excluding hydrogens is 334 g/mol. The number of nitrogens with zero attached hydrogens (tertiary/aromatic N) is 2. The number of hydrogen-bond acceptors (Lipinski definition) is 3. The molecule has 1 aliphatic rings. The highest BCUT2D eigenvalue weighted by Crippen LogP contribution is 2.48. The van der Waals surface area contributed by atoms with Crippen molar-refractivity contribution in [2.75, 3.05) is 5.32 Å². The molecule has 2 heterocycles. The molecule has 27 heavy (non-hydrogen) atoms. The lowest BCUT2D eigenvalue weighted by Gasteiger charge is -2.34. The van der Waals surface area contributed by atoms with Crippen LogP contribution in [0.1, 0.15) is 113 Å². The van der Waals surface area contributed by atoms with E-state index < -0.39 is 0 Å². The number of aromatic nitrogens is 1. The maximum atomic E-state index is 6.30. The topological polar surface area (TPSA) is 38.5 Å². The summed E-state index contributed by atoms with van der Waals surface area (Å²) < 4.78 is 8.76. The van der Waals surface area contributed by atoms with Gasteiger partial charge in [-0.2, -0.15) is 0 Å². The first-order valence-corrected chi connectivity index (χ1v) is 10.2. The van der Waals surface area contributed by atoms with Crippen LogP contribution in [0.4, 0.5) is 5.69 Å². The normalized spacial score (nSPS) is 20.0. The van der Waals surface area contributed by atoms with Crippen molar-refractivity contribution in [1.29, 1.82) is 0 Å². The van der Waals surface area contributed by atoms with Gasteiger partial charge < -0.3 is 14.6 Å². The lowest BCUT2D eigenvalue weighted by molar-refractivity contribution is 0.227. The predicted molar refractivity (Wildman–Crippen MR) is 117 cm³/mol. The van der Waals surface area contributed by atoms with Crippen LogP contribution in [0.3, 0.4) is 0 Å². The van der Waals surface area contributed by atoms with Crippen LogP contribution in [0.25, 0.3) is 0 Å². The Hall–Kier alpha value is -1.45. The molecule has 1 unspecified atom stereocenters. The van der Waals surface area contributed by atoms with Crippen LogP contribution in [-0.4, -0.2) is 21.5 Å². The summed E-state index contributed by atoms with van der Waals surface area (Å²) in [5.41, 5.74) is 4.59. The van der Waals surface area contributed by atoms with E-state index in [4.69, 9.17) is 9.73 Å². The van der Waals surface area contributed by atoms with E-state index in [0.717, 1.165) is 11.6 Å². The van der Waals surface area contributed by atoms with Gasteiger partial charge in [0.2, 0.25) is 5.90 Å². The molecule has 0 spiro atoms. The number of aliphatic imine (C=N–C) groups is 1. The summed E-state index contributed by atoms with van der Waals surface area (Å²) in [5.74, 6) is 0.771.